The Bertz CT molecular complexity index is 304. The van der Waals surface area contributed by atoms with Gasteiger partial charge >= 0.3 is 0 Å². The van der Waals surface area contributed by atoms with Gasteiger partial charge in [0, 0.05) is 24.5 Å². The van der Waals surface area contributed by atoms with E-state index in [0.29, 0.717) is 0 Å². The molecule has 1 heterocycles. The fourth-order valence-corrected chi connectivity index (χ4v) is 2.97. The predicted octanol–water partition coefficient (Wildman–Crippen LogP) is 2.90. The van der Waals surface area contributed by atoms with Gasteiger partial charge in [-0.05, 0) is 49.5 Å². The molecule has 1 aromatic rings. The first-order valence-corrected chi connectivity index (χ1v) is 6.82. The summed E-state index contributed by atoms with van der Waals surface area (Å²) in [7, 11) is 1.98. The Labute approximate surface area is 103 Å². The van der Waals surface area contributed by atoms with Gasteiger partial charge < -0.3 is 5.32 Å². The van der Waals surface area contributed by atoms with Gasteiger partial charge in [-0.2, -0.15) is 0 Å². The number of nitrogens with zero attached hydrogens (tertiary/aromatic N) is 1. The third-order valence-electron chi connectivity index (χ3n) is 2.85. The third-order valence-corrected chi connectivity index (χ3v) is 3.96. The number of hydrogen-bond donors (Lipinski definition) is 1. The number of rotatable bonds is 4. The Hall–Kier alpha value is -0.510. The molecule has 1 aliphatic heterocycles. The van der Waals surface area contributed by atoms with Crippen LogP contribution in [0, 0.1) is 0 Å². The van der Waals surface area contributed by atoms with Crippen molar-refractivity contribution in [1.82, 2.24) is 9.62 Å². The van der Waals surface area contributed by atoms with E-state index in [1.165, 1.54) is 42.8 Å². The Morgan fingerprint density at radius 1 is 1.12 bits per heavy atom. The van der Waals surface area contributed by atoms with Crippen molar-refractivity contribution in [3.05, 3.63) is 29.8 Å². The summed E-state index contributed by atoms with van der Waals surface area (Å²) in [5.41, 5.74) is 1.35. The largest absolute Gasteiger partial charge is 0.316 e. The minimum absolute atomic E-state index is 0.953. The van der Waals surface area contributed by atoms with E-state index in [4.69, 9.17) is 0 Å². The fraction of sp³-hybridized carbons (Fsp3) is 0.538. The van der Waals surface area contributed by atoms with Crippen LogP contribution < -0.4 is 5.32 Å². The molecule has 1 saturated heterocycles. The van der Waals surface area contributed by atoms with E-state index in [0.717, 1.165) is 6.54 Å². The quantitative estimate of drug-likeness (QED) is 0.809. The maximum absolute atomic E-state index is 3.17. The van der Waals surface area contributed by atoms with Crippen LogP contribution in [0.4, 0.5) is 0 Å². The number of hydrogen-bond acceptors (Lipinski definition) is 3. The third kappa shape index (κ3) is 3.51. The van der Waals surface area contributed by atoms with Crippen LogP contribution in [0.2, 0.25) is 0 Å². The summed E-state index contributed by atoms with van der Waals surface area (Å²) in [6.07, 6.45) is 4.11. The minimum Gasteiger partial charge on any atom is -0.316 e. The van der Waals surface area contributed by atoms with E-state index in [1.807, 2.05) is 19.0 Å². The van der Waals surface area contributed by atoms with Crippen molar-refractivity contribution in [2.75, 3.05) is 20.1 Å². The van der Waals surface area contributed by atoms with E-state index in [9.17, 15) is 0 Å². The van der Waals surface area contributed by atoms with Crippen molar-refractivity contribution in [2.24, 2.45) is 0 Å². The molecule has 0 bridgehead atoms. The zero-order chi connectivity index (χ0) is 11.2. The summed E-state index contributed by atoms with van der Waals surface area (Å²) in [4.78, 5) is 1.36. The maximum atomic E-state index is 3.17. The lowest BCUT2D eigenvalue weighted by Crippen LogP contribution is -2.22. The van der Waals surface area contributed by atoms with E-state index in [1.54, 1.807) is 0 Å². The average molecular weight is 236 g/mol. The smallest absolute Gasteiger partial charge is 0.0230 e. The lowest BCUT2D eigenvalue weighted by atomic mass is 10.2. The van der Waals surface area contributed by atoms with Gasteiger partial charge in [0.2, 0.25) is 0 Å². The molecule has 1 fully saturated rings. The van der Waals surface area contributed by atoms with Crippen molar-refractivity contribution in [2.45, 2.75) is 30.7 Å². The fourth-order valence-electron chi connectivity index (χ4n) is 1.98. The summed E-state index contributed by atoms with van der Waals surface area (Å²) < 4.78 is 2.48. The Morgan fingerprint density at radius 3 is 2.44 bits per heavy atom. The van der Waals surface area contributed by atoms with E-state index in [-0.39, 0.29) is 0 Å². The molecule has 0 aromatic heterocycles. The van der Waals surface area contributed by atoms with Crippen molar-refractivity contribution in [1.29, 1.82) is 0 Å². The highest BCUT2D eigenvalue weighted by molar-refractivity contribution is 7.97. The Morgan fingerprint density at radius 2 is 1.81 bits per heavy atom. The zero-order valence-corrected chi connectivity index (χ0v) is 10.7. The molecular formula is C13H20N2S. The molecule has 0 unspecified atom stereocenters. The van der Waals surface area contributed by atoms with Crippen molar-refractivity contribution in [3.8, 4) is 0 Å². The molecule has 1 aromatic carbocycles. The van der Waals surface area contributed by atoms with Crippen molar-refractivity contribution >= 4 is 11.9 Å². The molecule has 16 heavy (non-hydrogen) atoms. The van der Waals surface area contributed by atoms with Gasteiger partial charge in [0.15, 0.2) is 0 Å². The Kier molecular flexibility index (Phi) is 4.69. The van der Waals surface area contributed by atoms with E-state index >= 15 is 0 Å². The maximum Gasteiger partial charge on any atom is 0.0230 e. The second-order valence-electron chi connectivity index (χ2n) is 4.26. The van der Waals surface area contributed by atoms with Crippen molar-refractivity contribution in [3.63, 3.8) is 0 Å². The van der Waals surface area contributed by atoms with Crippen LogP contribution in [0.25, 0.3) is 0 Å². The molecule has 2 rings (SSSR count). The molecule has 0 saturated carbocycles. The van der Waals surface area contributed by atoms with Crippen LogP contribution >= 0.6 is 11.9 Å². The molecule has 0 amide bonds. The summed E-state index contributed by atoms with van der Waals surface area (Å²) in [6.45, 7) is 3.43. The number of benzene rings is 1. The molecule has 1 aliphatic rings. The second kappa shape index (κ2) is 6.28. The SMILES string of the molecule is CNCc1ccc(SN2CCCCC2)cc1. The van der Waals surface area contributed by atoms with Gasteiger partial charge in [0.1, 0.15) is 0 Å². The average Bonchev–Trinajstić information content (AvgIpc) is 2.33. The van der Waals surface area contributed by atoms with Crippen LogP contribution in [0.1, 0.15) is 24.8 Å². The predicted molar refractivity (Wildman–Crippen MR) is 70.5 cm³/mol. The van der Waals surface area contributed by atoms with Gasteiger partial charge in [0.05, 0.1) is 0 Å². The molecule has 88 valence electrons. The van der Waals surface area contributed by atoms with Gasteiger partial charge in [0.25, 0.3) is 0 Å². The molecule has 3 heteroatoms. The summed E-state index contributed by atoms with van der Waals surface area (Å²) in [5, 5.41) is 3.17. The van der Waals surface area contributed by atoms with Crippen LogP contribution in [-0.4, -0.2) is 24.4 Å². The van der Waals surface area contributed by atoms with E-state index < -0.39 is 0 Å². The first-order valence-electron chi connectivity index (χ1n) is 6.05. The normalized spacial score (nSPS) is 17.6. The highest BCUT2D eigenvalue weighted by Crippen LogP contribution is 2.26. The highest BCUT2D eigenvalue weighted by atomic mass is 32.2. The lowest BCUT2D eigenvalue weighted by molar-refractivity contribution is 0.380. The van der Waals surface area contributed by atoms with Crippen molar-refractivity contribution < 1.29 is 0 Å². The van der Waals surface area contributed by atoms with Gasteiger partial charge in [-0.1, -0.05) is 18.6 Å². The molecule has 2 nitrogen and oxygen atoms in total. The van der Waals surface area contributed by atoms with Crippen LogP contribution in [-0.2, 0) is 6.54 Å². The standard InChI is InChI=1S/C13H20N2S/c1-14-11-12-5-7-13(8-6-12)16-15-9-3-2-4-10-15/h5-8,14H,2-4,9-11H2,1H3. The zero-order valence-electron chi connectivity index (χ0n) is 9.91. The molecule has 1 N–H and O–H groups in total. The first kappa shape index (κ1) is 12.0. The molecular weight excluding hydrogens is 216 g/mol. The van der Waals surface area contributed by atoms with Gasteiger partial charge in [-0.25, -0.2) is 4.31 Å². The first-order chi connectivity index (χ1) is 7.88. The van der Waals surface area contributed by atoms with Crippen LogP contribution in [0.5, 0.6) is 0 Å². The second-order valence-corrected chi connectivity index (χ2v) is 5.43. The molecule has 0 spiro atoms. The van der Waals surface area contributed by atoms with E-state index in [2.05, 4.69) is 33.9 Å². The van der Waals surface area contributed by atoms with Gasteiger partial charge in [-0.15, -0.1) is 0 Å². The topological polar surface area (TPSA) is 15.3 Å². The molecule has 0 aliphatic carbocycles. The van der Waals surface area contributed by atoms with Gasteiger partial charge in [-0.3, -0.25) is 0 Å². The number of nitrogens with one attached hydrogen (secondary N) is 1. The summed E-state index contributed by atoms with van der Waals surface area (Å²) in [5.74, 6) is 0. The monoisotopic (exact) mass is 236 g/mol. The highest BCUT2D eigenvalue weighted by Gasteiger charge is 2.10. The number of piperidine rings is 1. The van der Waals surface area contributed by atoms with Crippen LogP contribution in [0.3, 0.4) is 0 Å². The Balaban J connectivity index is 1.88. The van der Waals surface area contributed by atoms with Crippen LogP contribution in [0.15, 0.2) is 29.2 Å². The lowest BCUT2D eigenvalue weighted by Gasteiger charge is -2.25. The minimum atomic E-state index is 0.953. The molecule has 0 atom stereocenters. The summed E-state index contributed by atoms with van der Waals surface area (Å²) in [6, 6.07) is 8.88. The molecule has 0 radical (unpaired) electrons. The summed E-state index contributed by atoms with van der Waals surface area (Å²) >= 11 is 1.90.